The molecule has 0 atom stereocenters. The molecule has 2 aromatic carbocycles. The number of H-pyrrole nitrogens is 2. The van der Waals surface area contributed by atoms with Gasteiger partial charge in [0.15, 0.2) is 0 Å². The van der Waals surface area contributed by atoms with Crippen LogP contribution in [-0.2, 0) is 21.7 Å². The topological polar surface area (TPSA) is 57.4 Å². The maximum Gasteiger partial charge on any atom is 0.0801 e. The van der Waals surface area contributed by atoms with E-state index in [0.29, 0.717) is 0 Å². The Hall–Kier alpha value is -4.00. The first-order chi connectivity index (χ1) is 25.1. The van der Waals surface area contributed by atoms with Crippen LogP contribution < -0.4 is 0 Å². The van der Waals surface area contributed by atoms with Gasteiger partial charge in [-0.3, -0.25) is 0 Å². The zero-order chi connectivity index (χ0) is 39.1. The molecular formula is C48H52Br2N4. The first kappa shape index (κ1) is 38.3. The zero-order valence-corrected chi connectivity index (χ0v) is 36.9. The summed E-state index contributed by atoms with van der Waals surface area (Å²) < 4.78 is 1.81. The number of rotatable bonds is 2. The van der Waals surface area contributed by atoms with Crippen LogP contribution >= 0.6 is 31.9 Å². The molecule has 4 nitrogen and oxygen atoms in total. The third kappa shape index (κ3) is 7.36. The van der Waals surface area contributed by atoms with Gasteiger partial charge in [-0.05, 0) is 135 Å². The maximum atomic E-state index is 5.32. The Balaban J connectivity index is 1.59. The molecule has 0 aliphatic carbocycles. The smallest absolute Gasteiger partial charge is 0.0801 e. The van der Waals surface area contributed by atoms with E-state index in [1.54, 1.807) is 0 Å². The summed E-state index contributed by atoms with van der Waals surface area (Å²) in [5, 5.41) is 0. The minimum absolute atomic E-state index is 0.0290. The molecule has 3 aromatic heterocycles. The van der Waals surface area contributed by atoms with Crippen molar-refractivity contribution in [2.24, 2.45) is 0 Å². The number of fused-ring (bicyclic) bond motifs is 8. The lowest BCUT2D eigenvalue weighted by molar-refractivity contribution is 0.568. The van der Waals surface area contributed by atoms with Crippen molar-refractivity contribution in [2.75, 3.05) is 0 Å². The quantitative estimate of drug-likeness (QED) is 0.182. The molecule has 0 amide bonds. The molecule has 0 saturated carbocycles. The van der Waals surface area contributed by atoms with Crippen LogP contribution in [-0.4, -0.2) is 19.9 Å². The highest BCUT2D eigenvalue weighted by molar-refractivity contribution is 9.11. The van der Waals surface area contributed by atoms with Gasteiger partial charge >= 0.3 is 0 Å². The summed E-state index contributed by atoms with van der Waals surface area (Å²) in [6, 6.07) is 22.7. The van der Waals surface area contributed by atoms with Crippen LogP contribution in [0.3, 0.4) is 0 Å². The van der Waals surface area contributed by atoms with Crippen LogP contribution in [0.15, 0.2) is 69.6 Å². The SMILES string of the molecule is CC(C)(C)c1cc(-c2c3nc(c(Br)c4ccc([nH]4)c(-c4cc(C(C)(C)C)cc(C(C)(C)C)c4)c4nc(c(Br)c5ccc2[nH]5)C=C4)C=C3)cc(C(C)(C)C)c1. The summed E-state index contributed by atoms with van der Waals surface area (Å²) in [7, 11) is 0. The van der Waals surface area contributed by atoms with Gasteiger partial charge < -0.3 is 9.97 Å². The predicted molar refractivity (Wildman–Crippen MR) is 240 cm³/mol. The van der Waals surface area contributed by atoms with Gasteiger partial charge in [-0.25, -0.2) is 9.97 Å². The fourth-order valence-corrected chi connectivity index (χ4v) is 7.92. The Morgan fingerprint density at radius 3 is 0.963 bits per heavy atom. The van der Waals surface area contributed by atoms with Crippen LogP contribution in [0.2, 0.25) is 0 Å². The molecule has 0 fully saturated rings. The Bertz CT molecular complexity index is 2310. The number of nitrogens with zero attached hydrogens (tertiary/aromatic N) is 2. The standard InChI is InChI=1S/C48H52Br2N4/c1-45(2,3)29-21-27(22-30(25-29)46(4,5)6)41-33-13-17-37(51-33)43(49)39-19-15-35(53-39)42(28-23-31(47(7,8)9)26-32(24-28)48(10,11)12)36-16-20-40(54-36)44(50)38-18-14-34(41)52-38/h13-26,51,54H,1-12H3. The van der Waals surface area contributed by atoms with Crippen molar-refractivity contribution in [1.82, 2.24) is 19.9 Å². The summed E-state index contributed by atoms with van der Waals surface area (Å²) in [5.41, 5.74) is 16.9. The molecule has 6 heteroatoms. The normalized spacial score (nSPS) is 13.6. The lowest BCUT2D eigenvalue weighted by Gasteiger charge is -2.26. The molecule has 2 aliphatic rings. The van der Waals surface area contributed by atoms with Crippen LogP contribution in [0.5, 0.6) is 0 Å². The van der Waals surface area contributed by atoms with Crippen molar-refractivity contribution in [2.45, 2.75) is 105 Å². The van der Waals surface area contributed by atoms with Gasteiger partial charge in [0.05, 0.1) is 42.8 Å². The lowest BCUT2D eigenvalue weighted by Crippen LogP contribution is -2.16. The number of aromatic amines is 2. The molecule has 5 heterocycles. The highest BCUT2D eigenvalue weighted by Crippen LogP contribution is 2.41. The fourth-order valence-electron chi connectivity index (χ4n) is 7.02. The molecule has 278 valence electrons. The Kier molecular flexibility index (Phi) is 9.46. The second-order valence-electron chi connectivity index (χ2n) is 19.0. The van der Waals surface area contributed by atoms with Crippen molar-refractivity contribution >= 4 is 78.2 Å². The average molecular weight is 845 g/mol. The second-order valence-corrected chi connectivity index (χ2v) is 20.6. The summed E-state index contributed by atoms with van der Waals surface area (Å²) in [6.45, 7) is 27.4. The third-order valence-corrected chi connectivity index (χ3v) is 12.2. The molecule has 5 aromatic rings. The molecule has 0 radical (unpaired) electrons. The minimum atomic E-state index is -0.0290. The van der Waals surface area contributed by atoms with E-state index in [9.17, 15) is 0 Å². The number of nitrogens with one attached hydrogen (secondary N) is 2. The third-order valence-electron chi connectivity index (χ3n) is 10.5. The van der Waals surface area contributed by atoms with E-state index in [-0.39, 0.29) is 21.7 Å². The second kappa shape index (κ2) is 13.3. The highest BCUT2D eigenvalue weighted by atomic mass is 79.9. The first-order valence-electron chi connectivity index (χ1n) is 18.9. The van der Waals surface area contributed by atoms with E-state index in [2.05, 4.69) is 210 Å². The summed E-state index contributed by atoms with van der Waals surface area (Å²) in [5.74, 6) is 0. The van der Waals surface area contributed by atoms with E-state index in [0.717, 1.165) is 76.0 Å². The summed E-state index contributed by atoms with van der Waals surface area (Å²) in [6.07, 6.45) is 8.50. The predicted octanol–water partition coefficient (Wildman–Crippen LogP) is 14.7. The molecule has 0 saturated heterocycles. The first-order valence-corrected chi connectivity index (χ1v) is 20.5. The minimum Gasteiger partial charge on any atom is -0.354 e. The van der Waals surface area contributed by atoms with E-state index >= 15 is 0 Å². The molecule has 7 rings (SSSR count). The molecule has 0 unspecified atom stereocenters. The van der Waals surface area contributed by atoms with Crippen molar-refractivity contribution in [3.63, 3.8) is 0 Å². The van der Waals surface area contributed by atoms with Gasteiger partial charge in [0.2, 0.25) is 0 Å². The molecule has 2 N–H and O–H groups in total. The van der Waals surface area contributed by atoms with Crippen molar-refractivity contribution in [3.8, 4) is 22.3 Å². The van der Waals surface area contributed by atoms with E-state index < -0.39 is 0 Å². The molecule has 0 spiro atoms. The van der Waals surface area contributed by atoms with Gasteiger partial charge in [-0.15, -0.1) is 0 Å². The van der Waals surface area contributed by atoms with Crippen molar-refractivity contribution in [3.05, 3.63) is 115 Å². The number of halogens is 2. The summed E-state index contributed by atoms with van der Waals surface area (Å²) in [4.78, 5) is 18.2. The van der Waals surface area contributed by atoms with E-state index in [1.165, 1.54) is 22.3 Å². The van der Waals surface area contributed by atoms with Crippen LogP contribution in [0.1, 0.15) is 128 Å². The van der Waals surface area contributed by atoms with Crippen molar-refractivity contribution < 1.29 is 0 Å². The van der Waals surface area contributed by atoms with Gasteiger partial charge in [0, 0.05) is 22.2 Å². The lowest BCUT2D eigenvalue weighted by atomic mass is 9.78. The summed E-state index contributed by atoms with van der Waals surface area (Å²) >= 11 is 7.96. The Morgan fingerprint density at radius 1 is 0.389 bits per heavy atom. The monoisotopic (exact) mass is 842 g/mol. The van der Waals surface area contributed by atoms with Crippen LogP contribution in [0.4, 0.5) is 0 Å². The molecule has 8 bridgehead atoms. The van der Waals surface area contributed by atoms with Gasteiger partial charge in [0.1, 0.15) is 0 Å². The van der Waals surface area contributed by atoms with E-state index in [4.69, 9.17) is 9.97 Å². The number of benzene rings is 2. The number of aromatic nitrogens is 4. The molecule has 2 aliphatic heterocycles. The molecule has 54 heavy (non-hydrogen) atoms. The highest BCUT2D eigenvalue weighted by Gasteiger charge is 2.25. The van der Waals surface area contributed by atoms with Gasteiger partial charge in [-0.2, -0.15) is 0 Å². The zero-order valence-electron chi connectivity index (χ0n) is 33.7. The van der Waals surface area contributed by atoms with Crippen LogP contribution in [0, 0.1) is 0 Å². The number of hydrogen-bond donors (Lipinski definition) is 2. The average Bonchev–Trinajstić information content (AvgIpc) is 3.91. The van der Waals surface area contributed by atoms with Gasteiger partial charge in [0.25, 0.3) is 0 Å². The largest absolute Gasteiger partial charge is 0.354 e. The molecular weight excluding hydrogens is 792 g/mol. The van der Waals surface area contributed by atoms with Crippen molar-refractivity contribution in [1.29, 1.82) is 0 Å². The maximum absolute atomic E-state index is 5.32. The Morgan fingerprint density at radius 2 is 0.667 bits per heavy atom. The Labute approximate surface area is 337 Å². The number of hydrogen-bond acceptors (Lipinski definition) is 2. The van der Waals surface area contributed by atoms with E-state index in [1.807, 2.05) is 0 Å². The fraction of sp³-hybridized carbons (Fsp3) is 0.333. The van der Waals surface area contributed by atoms with Gasteiger partial charge in [-0.1, -0.05) is 119 Å². The van der Waals surface area contributed by atoms with Crippen LogP contribution in [0.25, 0.3) is 68.6 Å².